The van der Waals surface area contributed by atoms with Crippen molar-refractivity contribution in [3.05, 3.63) is 33.9 Å². The lowest BCUT2D eigenvalue weighted by molar-refractivity contribution is 0.212. The number of hydrogen-bond donors (Lipinski definition) is 1. The van der Waals surface area contributed by atoms with Crippen LogP contribution in [0.4, 0.5) is 0 Å². The SMILES string of the molecule is CO/N=C1\CCCc2c1[nH]c1cc(Br)ccc21. The first-order valence-electron chi connectivity index (χ1n) is 5.70. The molecule has 0 amide bonds. The molecule has 17 heavy (non-hydrogen) atoms. The third-order valence-electron chi connectivity index (χ3n) is 3.20. The van der Waals surface area contributed by atoms with E-state index in [0.29, 0.717) is 0 Å². The molecule has 1 aromatic heterocycles. The standard InChI is InChI=1S/C13H13BrN2O/c1-17-16-11-4-2-3-10-9-6-5-8(14)7-12(9)15-13(10)11/h5-7,15H,2-4H2,1H3/b16-11+. The number of oxime groups is 1. The molecule has 2 aromatic rings. The van der Waals surface area contributed by atoms with Gasteiger partial charge in [0.2, 0.25) is 0 Å². The van der Waals surface area contributed by atoms with E-state index >= 15 is 0 Å². The maximum absolute atomic E-state index is 4.92. The van der Waals surface area contributed by atoms with Crippen LogP contribution < -0.4 is 0 Å². The Morgan fingerprint density at radius 2 is 2.24 bits per heavy atom. The van der Waals surface area contributed by atoms with Crippen LogP contribution >= 0.6 is 15.9 Å². The summed E-state index contributed by atoms with van der Waals surface area (Å²) in [6.45, 7) is 0. The zero-order chi connectivity index (χ0) is 11.8. The first-order chi connectivity index (χ1) is 8.29. The Bertz CT molecular complexity index is 601. The van der Waals surface area contributed by atoms with Gasteiger partial charge in [-0.05, 0) is 37.0 Å². The van der Waals surface area contributed by atoms with E-state index in [9.17, 15) is 0 Å². The van der Waals surface area contributed by atoms with Crippen LogP contribution in [0.25, 0.3) is 10.9 Å². The van der Waals surface area contributed by atoms with Crippen LogP contribution in [0.1, 0.15) is 24.1 Å². The lowest BCUT2D eigenvalue weighted by Crippen LogP contribution is -2.11. The summed E-state index contributed by atoms with van der Waals surface area (Å²) in [6, 6.07) is 6.35. The number of aryl methyl sites for hydroxylation is 1. The lowest BCUT2D eigenvalue weighted by atomic mass is 9.94. The maximum atomic E-state index is 4.92. The summed E-state index contributed by atoms with van der Waals surface area (Å²) < 4.78 is 1.09. The van der Waals surface area contributed by atoms with Crippen LogP contribution in [0.15, 0.2) is 27.8 Å². The molecular formula is C13H13BrN2O. The average Bonchev–Trinajstić information content (AvgIpc) is 2.68. The Hall–Kier alpha value is -1.29. The molecule has 1 N–H and O–H groups in total. The third-order valence-corrected chi connectivity index (χ3v) is 3.69. The van der Waals surface area contributed by atoms with E-state index in [1.807, 2.05) is 0 Å². The van der Waals surface area contributed by atoms with E-state index < -0.39 is 0 Å². The predicted molar refractivity (Wildman–Crippen MR) is 72.5 cm³/mol. The van der Waals surface area contributed by atoms with Crippen molar-refractivity contribution in [3.8, 4) is 0 Å². The number of benzene rings is 1. The van der Waals surface area contributed by atoms with Gasteiger partial charge in [0.05, 0.1) is 5.69 Å². The van der Waals surface area contributed by atoms with Gasteiger partial charge in [0.15, 0.2) is 0 Å². The van der Waals surface area contributed by atoms with Crippen molar-refractivity contribution < 1.29 is 4.84 Å². The first kappa shape index (κ1) is 10.8. The number of fused-ring (bicyclic) bond motifs is 3. The Labute approximate surface area is 108 Å². The zero-order valence-electron chi connectivity index (χ0n) is 9.59. The van der Waals surface area contributed by atoms with E-state index in [-0.39, 0.29) is 0 Å². The predicted octanol–water partition coefficient (Wildman–Crippen LogP) is 3.62. The first-order valence-corrected chi connectivity index (χ1v) is 6.49. The van der Waals surface area contributed by atoms with Gasteiger partial charge in [-0.3, -0.25) is 0 Å². The van der Waals surface area contributed by atoms with Crippen molar-refractivity contribution in [2.75, 3.05) is 7.11 Å². The van der Waals surface area contributed by atoms with Crippen LogP contribution in [0.2, 0.25) is 0 Å². The van der Waals surface area contributed by atoms with Crippen molar-refractivity contribution >= 4 is 32.5 Å². The van der Waals surface area contributed by atoms with Gasteiger partial charge in [-0.25, -0.2) is 0 Å². The molecule has 3 rings (SSSR count). The average molecular weight is 293 g/mol. The molecule has 0 spiro atoms. The van der Waals surface area contributed by atoms with Crippen LogP contribution in [-0.4, -0.2) is 17.8 Å². The molecule has 1 aliphatic rings. The Morgan fingerprint density at radius 1 is 1.35 bits per heavy atom. The highest BCUT2D eigenvalue weighted by Crippen LogP contribution is 2.30. The van der Waals surface area contributed by atoms with Gasteiger partial charge in [0.25, 0.3) is 0 Å². The highest BCUT2D eigenvalue weighted by atomic mass is 79.9. The van der Waals surface area contributed by atoms with Crippen molar-refractivity contribution in [1.29, 1.82) is 0 Å². The number of nitrogens with zero attached hydrogens (tertiary/aromatic N) is 1. The molecule has 1 heterocycles. The molecule has 0 bridgehead atoms. The minimum atomic E-state index is 0.981. The van der Waals surface area contributed by atoms with Gasteiger partial charge in [-0.1, -0.05) is 27.2 Å². The molecular weight excluding hydrogens is 280 g/mol. The molecule has 0 saturated heterocycles. The van der Waals surface area contributed by atoms with E-state index in [4.69, 9.17) is 4.84 Å². The van der Waals surface area contributed by atoms with E-state index in [0.717, 1.165) is 40.7 Å². The Balaban J connectivity index is 2.25. The fraction of sp³-hybridized carbons (Fsp3) is 0.308. The summed E-state index contributed by atoms with van der Waals surface area (Å²) in [5.41, 5.74) is 4.71. The topological polar surface area (TPSA) is 37.4 Å². The minimum Gasteiger partial charge on any atom is -0.399 e. The number of halogens is 1. The van der Waals surface area contributed by atoms with Gasteiger partial charge in [-0.15, -0.1) is 0 Å². The maximum Gasteiger partial charge on any atom is 0.106 e. The van der Waals surface area contributed by atoms with Gasteiger partial charge >= 0.3 is 0 Å². The molecule has 3 nitrogen and oxygen atoms in total. The number of rotatable bonds is 1. The van der Waals surface area contributed by atoms with E-state index in [1.165, 1.54) is 10.9 Å². The summed E-state index contributed by atoms with van der Waals surface area (Å²) in [4.78, 5) is 8.37. The second kappa shape index (κ2) is 4.18. The summed E-state index contributed by atoms with van der Waals surface area (Å²) >= 11 is 3.50. The number of aromatic amines is 1. The van der Waals surface area contributed by atoms with Gasteiger partial charge in [0, 0.05) is 15.4 Å². The van der Waals surface area contributed by atoms with E-state index in [2.05, 4.69) is 44.3 Å². The fourth-order valence-corrected chi connectivity index (χ4v) is 2.85. The minimum absolute atomic E-state index is 0.981. The second-order valence-electron chi connectivity index (χ2n) is 4.24. The summed E-state index contributed by atoms with van der Waals surface area (Å²) in [5.74, 6) is 0. The van der Waals surface area contributed by atoms with Crippen molar-refractivity contribution in [1.82, 2.24) is 4.98 Å². The number of nitrogens with one attached hydrogen (secondary N) is 1. The smallest absolute Gasteiger partial charge is 0.106 e. The molecule has 88 valence electrons. The molecule has 1 aliphatic carbocycles. The molecule has 0 aliphatic heterocycles. The fourth-order valence-electron chi connectivity index (χ4n) is 2.49. The van der Waals surface area contributed by atoms with Gasteiger partial charge in [-0.2, -0.15) is 0 Å². The number of aromatic nitrogens is 1. The van der Waals surface area contributed by atoms with Crippen molar-refractivity contribution in [2.45, 2.75) is 19.3 Å². The monoisotopic (exact) mass is 292 g/mol. The number of hydrogen-bond acceptors (Lipinski definition) is 2. The molecule has 4 heteroatoms. The van der Waals surface area contributed by atoms with Crippen molar-refractivity contribution in [3.63, 3.8) is 0 Å². The van der Waals surface area contributed by atoms with E-state index in [1.54, 1.807) is 7.11 Å². The zero-order valence-corrected chi connectivity index (χ0v) is 11.2. The Kier molecular flexibility index (Phi) is 2.67. The lowest BCUT2D eigenvalue weighted by Gasteiger charge is -2.12. The Morgan fingerprint density at radius 3 is 3.06 bits per heavy atom. The molecule has 0 saturated carbocycles. The normalized spacial score (nSPS) is 17.4. The second-order valence-corrected chi connectivity index (χ2v) is 5.16. The quantitative estimate of drug-likeness (QED) is 0.801. The summed E-state index contributed by atoms with van der Waals surface area (Å²) in [7, 11) is 1.60. The third kappa shape index (κ3) is 1.76. The van der Waals surface area contributed by atoms with Crippen LogP contribution in [-0.2, 0) is 11.3 Å². The largest absolute Gasteiger partial charge is 0.399 e. The molecule has 0 atom stereocenters. The van der Waals surface area contributed by atoms with Crippen molar-refractivity contribution in [2.24, 2.45) is 5.16 Å². The van der Waals surface area contributed by atoms with Gasteiger partial charge in [0.1, 0.15) is 12.8 Å². The molecule has 0 radical (unpaired) electrons. The summed E-state index contributed by atoms with van der Waals surface area (Å²) in [5, 5.41) is 5.41. The summed E-state index contributed by atoms with van der Waals surface area (Å²) in [6.07, 6.45) is 3.23. The van der Waals surface area contributed by atoms with Crippen LogP contribution in [0, 0.1) is 0 Å². The molecule has 0 fully saturated rings. The molecule has 1 aromatic carbocycles. The highest BCUT2D eigenvalue weighted by Gasteiger charge is 2.20. The van der Waals surface area contributed by atoms with Gasteiger partial charge < -0.3 is 9.82 Å². The van der Waals surface area contributed by atoms with Crippen LogP contribution in [0.5, 0.6) is 0 Å². The number of H-pyrrole nitrogens is 1. The molecule has 0 unspecified atom stereocenters. The van der Waals surface area contributed by atoms with Crippen LogP contribution in [0.3, 0.4) is 0 Å². The highest BCUT2D eigenvalue weighted by molar-refractivity contribution is 9.10.